The number of hydrogen-bond donors (Lipinski definition) is 1. The fourth-order valence-corrected chi connectivity index (χ4v) is 3.81. The summed E-state index contributed by atoms with van der Waals surface area (Å²) in [6, 6.07) is 13.6. The zero-order valence-corrected chi connectivity index (χ0v) is 16.5. The molecular formula is C20H13F2N5O3S. The lowest BCUT2D eigenvalue weighted by atomic mass is 10.3. The standard InChI is InChI=1S/C20H13F2N5O3S/c21-20(22)29-15-7-6-12(8-16(15)30-20)26-17(28)10-31-19-14-9-25-27(18(14)23-11-24-19)13-4-2-1-3-5-13/h1-9,11H,10H2,(H,26,28). The van der Waals surface area contributed by atoms with Gasteiger partial charge >= 0.3 is 6.29 Å². The van der Waals surface area contributed by atoms with Crippen molar-refractivity contribution >= 4 is 34.4 Å². The van der Waals surface area contributed by atoms with Crippen LogP contribution < -0.4 is 14.8 Å². The van der Waals surface area contributed by atoms with Gasteiger partial charge in [0.25, 0.3) is 0 Å². The highest BCUT2D eigenvalue weighted by atomic mass is 32.2. The summed E-state index contributed by atoms with van der Waals surface area (Å²) in [5, 5.41) is 8.34. The number of halogens is 2. The largest absolute Gasteiger partial charge is 0.586 e. The van der Waals surface area contributed by atoms with Crippen molar-refractivity contribution in [1.29, 1.82) is 0 Å². The lowest BCUT2D eigenvalue weighted by molar-refractivity contribution is -0.286. The molecule has 0 unspecified atom stereocenters. The fourth-order valence-electron chi connectivity index (χ4n) is 3.05. The number of hydrogen-bond acceptors (Lipinski definition) is 7. The lowest BCUT2D eigenvalue weighted by Crippen LogP contribution is -2.25. The van der Waals surface area contributed by atoms with E-state index in [2.05, 4.69) is 29.9 Å². The number of carbonyl (C=O) groups is 1. The third kappa shape index (κ3) is 3.87. The minimum atomic E-state index is -3.70. The van der Waals surface area contributed by atoms with Gasteiger partial charge in [-0.1, -0.05) is 30.0 Å². The number of para-hydroxylation sites is 1. The average Bonchev–Trinajstić information content (AvgIpc) is 3.32. The fraction of sp³-hybridized carbons (Fsp3) is 0.100. The van der Waals surface area contributed by atoms with Crippen molar-refractivity contribution in [3.63, 3.8) is 0 Å². The molecule has 0 saturated heterocycles. The molecule has 0 spiro atoms. The summed E-state index contributed by atoms with van der Waals surface area (Å²) in [5.74, 6) is -0.511. The molecule has 2 aromatic carbocycles. The first-order valence-electron chi connectivity index (χ1n) is 9.05. The zero-order chi connectivity index (χ0) is 21.4. The van der Waals surface area contributed by atoms with Gasteiger partial charge in [0.15, 0.2) is 17.1 Å². The third-order valence-corrected chi connectivity index (χ3v) is 5.36. The zero-order valence-electron chi connectivity index (χ0n) is 15.7. The molecule has 1 amide bonds. The van der Waals surface area contributed by atoms with Crippen molar-refractivity contribution in [2.45, 2.75) is 11.3 Å². The first-order valence-corrected chi connectivity index (χ1v) is 10.0. The molecule has 0 bridgehead atoms. The van der Waals surface area contributed by atoms with Gasteiger partial charge in [-0.15, -0.1) is 8.78 Å². The molecule has 0 atom stereocenters. The Kier molecular flexibility index (Phi) is 4.66. The molecule has 1 aliphatic rings. The number of carbonyl (C=O) groups excluding carboxylic acids is 1. The maximum absolute atomic E-state index is 13.1. The van der Waals surface area contributed by atoms with Crippen molar-refractivity contribution in [1.82, 2.24) is 19.7 Å². The highest BCUT2D eigenvalue weighted by Gasteiger charge is 2.43. The first-order chi connectivity index (χ1) is 15.0. The molecule has 3 heterocycles. The van der Waals surface area contributed by atoms with Crippen molar-refractivity contribution in [2.24, 2.45) is 0 Å². The van der Waals surface area contributed by atoms with E-state index in [9.17, 15) is 13.6 Å². The minimum absolute atomic E-state index is 0.0488. The van der Waals surface area contributed by atoms with Crippen LogP contribution >= 0.6 is 11.8 Å². The van der Waals surface area contributed by atoms with Crippen molar-refractivity contribution < 1.29 is 23.0 Å². The number of aromatic nitrogens is 4. The second kappa shape index (κ2) is 7.51. The predicted octanol–water partition coefficient (Wildman–Crippen LogP) is 3.87. The highest BCUT2D eigenvalue weighted by Crippen LogP contribution is 2.42. The quantitative estimate of drug-likeness (QED) is 0.371. The van der Waals surface area contributed by atoms with Crippen LogP contribution in [-0.4, -0.2) is 37.7 Å². The van der Waals surface area contributed by atoms with E-state index in [0.29, 0.717) is 16.4 Å². The van der Waals surface area contributed by atoms with Gasteiger partial charge in [-0.25, -0.2) is 14.6 Å². The SMILES string of the molecule is O=C(CSc1ncnc2c1cnn2-c1ccccc1)Nc1ccc2c(c1)OC(F)(F)O2. The normalized spacial score (nSPS) is 14.0. The molecule has 31 heavy (non-hydrogen) atoms. The van der Waals surface area contributed by atoms with E-state index in [-0.39, 0.29) is 23.2 Å². The molecule has 4 aromatic rings. The molecule has 2 aromatic heterocycles. The van der Waals surface area contributed by atoms with Gasteiger partial charge < -0.3 is 14.8 Å². The van der Waals surface area contributed by atoms with Crippen molar-refractivity contribution in [3.05, 3.63) is 61.1 Å². The molecule has 11 heteroatoms. The maximum atomic E-state index is 13.1. The summed E-state index contributed by atoms with van der Waals surface area (Å²) in [4.78, 5) is 20.9. The maximum Gasteiger partial charge on any atom is 0.586 e. The number of nitrogens with zero attached hydrogens (tertiary/aromatic N) is 4. The van der Waals surface area contributed by atoms with Crippen LogP contribution in [0.5, 0.6) is 11.5 Å². The Morgan fingerprint density at radius 1 is 1.10 bits per heavy atom. The van der Waals surface area contributed by atoms with E-state index in [1.165, 1.54) is 36.3 Å². The first kappa shape index (κ1) is 19.2. The molecule has 5 rings (SSSR count). The van der Waals surface area contributed by atoms with Gasteiger partial charge in [0.1, 0.15) is 11.4 Å². The molecule has 0 saturated carbocycles. The average molecular weight is 441 g/mol. The molecule has 0 fully saturated rings. The van der Waals surface area contributed by atoms with Crippen LogP contribution in [-0.2, 0) is 4.79 Å². The lowest BCUT2D eigenvalue weighted by Gasteiger charge is -2.06. The molecule has 1 aliphatic heterocycles. The number of ether oxygens (including phenoxy) is 2. The van der Waals surface area contributed by atoms with E-state index >= 15 is 0 Å². The number of rotatable bonds is 5. The van der Waals surface area contributed by atoms with Crippen LogP contribution in [0.1, 0.15) is 0 Å². The second-order valence-corrected chi connectivity index (χ2v) is 7.44. The summed E-state index contributed by atoms with van der Waals surface area (Å²) in [6.07, 6.45) is -0.633. The minimum Gasteiger partial charge on any atom is -0.395 e. The van der Waals surface area contributed by atoms with Crippen molar-refractivity contribution in [3.8, 4) is 17.2 Å². The van der Waals surface area contributed by atoms with Gasteiger partial charge in [0, 0.05) is 11.8 Å². The number of alkyl halides is 2. The van der Waals surface area contributed by atoms with E-state index in [1.54, 1.807) is 10.9 Å². The molecule has 0 aliphatic carbocycles. The van der Waals surface area contributed by atoms with Crippen LogP contribution in [0.15, 0.2) is 66.1 Å². The number of fused-ring (bicyclic) bond motifs is 2. The molecule has 156 valence electrons. The number of nitrogens with one attached hydrogen (secondary N) is 1. The van der Waals surface area contributed by atoms with Crippen LogP contribution in [0, 0.1) is 0 Å². The summed E-state index contributed by atoms with van der Waals surface area (Å²) < 4.78 is 36.7. The number of benzene rings is 2. The molecule has 0 radical (unpaired) electrons. The predicted molar refractivity (Wildman–Crippen MR) is 109 cm³/mol. The second-order valence-electron chi connectivity index (χ2n) is 6.47. The van der Waals surface area contributed by atoms with Gasteiger partial charge in [-0.2, -0.15) is 5.10 Å². The Bertz CT molecular complexity index is 1280. The van der Waals surface area contributed by atoms with Gasteiger partial charge in [0.05, 0.1) is 23.0 Å². The van der Waals surface area contributed by atoms with Crippen LogP contribution in [0.25, 0.3) is 16.7 Å². The van der Waals surface area contributed by atoms with E-state index in [4.69, 9.17) is 0 Å². The summed E-state index contributed by atoms with van der Waals surface area (Å²) in [6.45, 7) is 0. The highest BCUT2D eigenvalue weighted by molar-refractivity contribution is 8.00. The van der Waals surface area contributed by atoms with Gasteiger partial charge in [-0.3, -0.25) is 4.79 Å². The van der Waals surface area contributed by atoms with E-state index < -0.39 is 6.29 Å². The molecular weight excluding hydrogens is 428 g/mol. The summed E-state index contributed by atoms with van der Waals surface area (Å²) >= 11 is 1.22. The van der Waals surface area contributed by atoms with Crippen LogP contribution in [0.4, 0.5) is 14.5 Å². The molecule has 1 N–H and O–H groups in total. The topological polar surface area (TPSA) is 91.2 Å². The monoisotopic (exact) mass is 441 g/mol. The number of amides is 1. The summed E-state index contributed by atoms with van der Waals surface area (Å²) in [5.41, 5.74) is 1.80. The Morgan fingerprint density at radius 3 is 2.74 bits per heavy atom. The Morgan fingerprint density at radius 2 is 1.90 bits per heavy atom. The van der Waals surface area contributed by atoms with Gasteiger partial charge in [-0.05, 0) is 24.3 Å². The van der Waals surface area contributed by atoms with E-state index in [1.807, 2.05) is 30.3 Å². The number of thioether (sulfide) groups is 1. The Balaban J connectivity index is 1.28. The van der Waals surface area contributed by atoms with Crippen LogP contribution in [0.2, 0.25) is 0 Å². The number of anilines is 1. The van der Waals surface area contributed by atoms with Crippen LogP contribution in [0.3, 0.4) is 0 Å². The smallest absolute Gasteiger partial charge is 0.395 e. The van der Waals surface area contributed by atoms with Crippen molar-refractivity contribution in [2.75, 3.05) is 11.1 Å². The van der Waals surface area contributed by atoms with Gasteiger partial charge in [0.2, 0.25) is 5.91 Å². The van der Waals surface area contributed by atoms with E-state index in [0.717, 1.165) is 11.1 Å². The molecule has 8 nitrogen and oxygen atoms in total. The Hall–Kier alpha value is -3.73. The third-order valence-electron chi connectivity index (χ3n) is 4.36. The summed E-state index contributed by atoms with van der Waals surface area (Å²) in [7, 11) is 0. The Labute approximate surface area is 178 Å².